The van der Waals surface area contributed by atoms with Crippen LogP contribution in [-0.2, 0) is 18.4 Å². The van der Waals surface area contributed by atoms with Gasteiger partial charge < -0.3 is 9.05 Å². The number of carbonyl (C=O) groups excluding carboxylic acids is 1. The van der Waals surface area contributed by atoms with Gasteiger partial charge >= 0.3 is 7.60 Å². The van der Waals surface area contributed by atoms with E-state index in [1.807, 2.05) is 0 Å². The van der Waals surface area contributed by atoms with E-state index in [1.54, 1.807) is 6.92 Å². The lowest BCUT2D eigenvalue weighted by atomic mass is 10.2. The first-order valence-electron chi connectivity index (χ1n) is 4.21. The van der Waals surface area contributed by atoms with E-state index < -0.39 is 24.0 Å². The molecule has 0 aromatic carbocycles. The number of Topliss-reactive ketones (excluding diaryl/α,β-unsaturated/α-hetero) is 1. The van der Waals surface area contributed by atoms with Crippen molar-refractivity contribution in [2.75, 3.05) is 14.2 Å². The molecular formula is C8H14ClO4P. The summed E-state index contributed by atoms with van der Waals surface area (Å²) >= 11 is 6.06. The van der Waals surface area contributed by atoms with Crippen LogP contribution in [0.3, 0.4) is 0 Å². The quantitative estimate of drug-likeness (QED) is 0.558. The Kier molecular flexibility index (Phi) is 3.13. The molecular weight excluding hydrogens is 227 g/mol. The van der Waals surface area contributed by atoms with Gasteiger partial charge in [0, 0.05) is 14.2 Å². The van der Waals surface area contributed by atoms with Gasteiger partial charge in [0.1, 0.15) is 5.78 Å². The van der Waals surface area contributed by atoms with E-state index in [-0.39, 0.29) is 5.78 Å². The smallest absolute Gasteiger partial charge is 0.312 e. The second-order valence-corrected chi connectivity index (χ2v) is 6.77. The van der Waals surface area contributed by atoms with E-state index in [4.69, 9.17) is 20.6 Å². The zero-order chi connectivity index (χ0) is 11.1. The van der Waals surface area contributed by atoms with Gasteiger partial charge in [0.2, 0.25) is 0 Å². The number of hydrogen-bond donors (Lipinski definition) is 0. The predicted molar refractivity (Wildman–Crippen MR) is 53.8 cm³/mol. The van der Waals surface area contributed by atoms with Gasteiger partial charge in [0.25, 0.3) is 0 Å². The average Bonchev–Trinajstić information content (AvgIpc) is 2.69. The Morgan fingerprint density at radius 1 is 1.43 bits per heavy atom. The molecule has 0 bridgehead atoms. The molecule has 1 aliphatic rings. The van der Waals surface area contributed by atoms with Gasteiger partial charge in [-0.3, -0.25) is 9.36 Å². The SMILES string of the molecule is COP(=O)(OC)C1C(C(C)=O)C1(C)Cl. The van der Waals surface area contributed by atoms with Gasteiger partial charge in [-0.05, 0) is 13.8 Å². The van der Waals surface area contributed by atoms with Crippen molar-refractivity contribution in [2.45, 2.75) is 24.4 Å². The Morgan fingerprint density at radius 3 is 2.07 bits per heavy atom. The van der Waals surface area contributed by atoms with E-state index in [9.17, 15) is 9.36 Å². The highest BCUT2D eigenvalue weighted by Gasteiger charge is 2.71. The third-order valence-corrected chi connectivity index (χ3v) is 5.84. The molecule has 1 fully saturated rings. The van der Waals surface area contributed by atoms with Crippen molar-refractivity contribution in [3.8, 4) is 0 Å². The maximum atomic E-state index is 12.0. The van der Waals surface area contributed by atoms with Crippen LogP contribution >= 0.6 is 19.2 Å². The maximum Gasteiger partial charge on any atom is 0.335 e. The van der Waals surface area contributed by atoms with Gasteiger partial charge in [0.15, 0.2) is 0 Å². The Bertz CT molecular complexity index is 294. The molecule has 0 aromatic rings. The second kappa shape index (κ2) is 3.60. The number of hydrogen-bond acceptors (Lipinski definition) is 4. The van der Waals surface area contributed by atoms with Crippen molar-refractivity contribution in [3.05, 3.63) is 0 Å². The van der Waals surface area contributed by atoms with Crippen molar-refractivity contribution < 1.29 is 18.4 Å². The number of carbonyl (C=O) groups is 1. The molecule has 82 valence electrons. The highest BCUT2D eigenvalue weighted by Crippen LogP contribution is 2.71. The number of ketones is 1. The standard InChI is InChI=1S/C8H14ClO4P/c1-5(10)6-7(8(6,2)9)14(11,12-3)13-4/h6-7H,1-4H3. The summed E-state index contributed by atoms with van der Waals surface area (Å²) in [5, 5.41) is 0. The summed E-state index contributed by atoms with van der Waals surface area (Å²) < 4.78 is 21.6. The number of halogens is 1. The molecule has 0 aliphatic heterocycles. The maximum absolute atomic E-state index is 12.0. The van der Waals surface area contributed by atoms with E-state index in [0.717, 1.165) is 0 Å². The third kappa shape index (κ3) is 1.65. The highest BCUT2D eigenvalue weighted by molar-refractivity contribution is 7.55. The van der Waals surface area contributed by atoms with Crippen molar-refractivity contribution in [2.24, 2.45) is 5.92 Å². The molecule has 0 aromatic heterocycles. The normalized spacial score (nSPS) is 36.9. The largest absolute Gasteiger partial charge is 0.335 e. The van der Waals surface area contributed by atoms with Crippen LogP contribution in [0, 0.1) is 5.92 Å². The molecule has 0 spiro atoms. The first kappa shape index (κ1) is 12.2. The monoisotopic (exact) mass is 240 g/mol. The van der Waals surface area contributed by atoms with Crippen molar-refractivity contribution in [1.82, 2.24) is 0 Å². The molecule has 0 amide bonds. The summed E-state index contributed by atoms with van der Waals surface area (Å²) in [5.74, 6) is -0.517. The van der Waals surface area contributed by atoms with Gasteiger partial charge in [0.05, 0.1) is 16.5 Å². The summed E-state index contributed by atoms with van der Waals surface area (Å²) in [6.07, 6.45) is 0. The lowest BCUT2D eigenvalue weighted by molar-refractivity contribution is -0.118. The van der Waals surface area contributed by atoms with Gasteiger partial charge in [-0.1, -0.05) is 0 Å². The molecule has 0 heterocycles. The molecule has 1 rings (SSSR count). The highest BCUT2D eigenvalue weighted by atomic mass is 35.5. The van der Waals surface area contributed by atoms with Crippen LogP contribution in [0.1, 0.15) is 13.8 Å². The van der Waals surface area contributed by atoms with Crippen LogP contribution in [0.15, 0.2) is 0 Å². The molecule has 6 heteroatoms. The van der Waals surface area contributed by atoms with E-state index >= 15 is 0 Å². The minimum absolute atomic E-state index is 0.0816. The third-order valence-electron chi connectivity index (χ3n) is 2.68. The molecule has 1 aliphatic carbocycles. The fourth-order valence-electron chi connectivity index (χ4n) is 1.87. The lowest BCUT2D eigenvalue weighted by Crippen LogP contribution is -2.03. The molecule has 1 saturated carbocycles. The molecule has 4 nitrogen and oxygen atoms in total. The zero-order valence-corrected chi connectivity index (χ0v) is 10.3. The van der Waals surface area contributed by atoms with Crippen LogP contribution in [0.5, 0.6) is 0 Å². The van der Waals surface area contributed by atoms with Gasteiger partial charge in [-0.2, -0.15) is 0 Å². The van der Waals surface area contributed by atoms with Crippen molar-refractivity contribution in [1.29, 1.82) is 0 Å². The fraction of sp³-hybridized carbons (Fsp3) is 0.875. The first-order chi connectivity index (χ1) is 6.31. The van der Waals surface area contributed by atoms with E-state index in [0.29, 0.717) is 0 Å². The van der Waals surface area contributed by atoms with Crippen molar-refractivity contribution >= 4 is 25.0 Å². The lowest BCUT2D eigenvalue weighted by Gasteiger charge is -2.13. The van der Waals surface area contributed by atoms with E-state index in [2.05, 4.69) is 0 Å². The van der Waals surface area contributed by atoms with Gasteiger partial charge in [-0.15, -0.1) is 11.6 Å². The molecule has 3 unspecified atom stereocenters. The number of rotatable bonds is 4. The summed E-state index contributed by atoms with van der Waals surface area (Å²) in [4.78, 5) is 10.4. The summed E-state index contributed by atoms with van der Waals surface area (Å²) in [6, 6.07) is 0. The summed E-state index contributed by atoms with van der Waals surface area (Å²) in [5.41, 5.74) is -0.524. The first-order valence-corrected chi connectivity index (χ1v) is 6.20. The second-order valence-electron chi connectivity index (χ2n) is 3.59. The average molecular weight is 241 g/mol. The fourth-order valence-corrected chi connectivity index (χ4v) is 4.84. The van der Waals surface area contributed by atoms with Crippen LogP contribution in [0.2, 0.25) is 0 Å². The minimum Gasteiger partial charge on any atom is -0.312 e. The van der Waals surface area contributed by atoms with Crippen LogP contribution in [0.4, 0.5) is 0 Å². The molecule has 0 radical (unpaired) electrons. The molecule has 14 heavy (non-hydrogen) atoms. The van der Waals surface area contributed by atoms with Gasteiger partial charge in [-0.25, -0.2) is 0 Å². The Morgan fingerprint density at radius 2 is 1.86 bits per heavy atom. The topological polar surface area (TPSA) is 52.6 Å². The summed E-state index contributed by atoms with van der Waals surface area (Å²) in [6.45, 7) is 3.11. The Hall–Kier alpha value is 0.110. The molecule has 0 saturated heterocycles. The van der Waals surface area contributed by atoms with Crippen LogP contribution < -0.4 is 0 Å². The Balaban J connectivity index is 2.93. The van der Waals surface area contributed by atoms with E-state index in [1.165, 1.54) is 21.1 Å². The van der Waals surface area contributed by atoms with Crippen LogP contribution in [0.25, 0.3) is 0 Å². The zero-order valence-electron chi connectivity index (χ0n) is 8.61. The molecule has 3 atom stereocenters. The van der Waals surface area contributed by atoms with Crippen molar-refractivity contribution in [3.63, 3.8) is 0 Å². The predicted octanol–water partition coefficient (Wildman–Crippen LogP) is 2.06. The van der Waals surface area contributed by atoms with Crippen LogP contribution in [-0.4, -0.2) is 30.5 Å². The molecule has 0 N–H and O–H groups in total. The minimum atomic E-state index is -3.23. The number of alkyl halides is 1. The Labute approximate surface area is 88.4 Å². The summed E-state index contributed by atoms with van der Waals surface area (Å²) in [7, 11) is -0.630.